The highest BCUT2D eigenvalue weighted by Gasteiger charge is 2.11. The van der Waals surface area contributed by atoms with Gasteiger partial charge >= 0.3 is 0 Å². The first-order chi connectivity index (χ1) is 6.99. The highest BCUT2D eigenvalue weighted by molar-refractivity contribution is 5.37. The predicted molar refractivity (Wildman–Crippen MR) is 61.9 cm³/mol. The van der Waals surface area contributed by atoms with E-state index in [0.29, 0.717) is 6.47 Å². The summed E-state index contributed by atoms with van der Waals surface area (Å²) in [5, 5.41) is 6.54. The Balaban J connectivity index is 0.000000265. The normalized spacial score (nSPS) is 20.4. The molecule has 0 aromatic heterocycles. The van der Waals surface area contributed by atoms with Crippen LogP contribution in [0.15, 0.2) is 0 Å². The lowest BCUT2D eigenvalue weighted by molar-refractivity contribution is -0.138. The minimum Gasteiger partial charge on any atom is -0.462 e. The summed E-state index contributed by atoms with van der Waals surface area (Å²) in [5.74, 6) is 0. The molecular weight excluding hydrogens is 192 g/mol. The van der Waals surface area contributed by atoms with Crippen LogP contribution in [0.1, 0.15) is 33.6 Å². The van der Waals surface area contributed by atoms with E-state index in [-0.39, 0.29) is 5.60 Å². The third-order valence-corrected chi connectivity index (χ3v) is 2.01. The lowest BCUT2D eigenvalue weighted by Crippen LogP contribution is -2.31. The second kappa shape index (κ2) is 7.65. The van der Waals surface area contributed by atoms with Gasteiger partial charge in [0.2, 0.25) is 0 Å². The molecule has 1 aliphatic heterocycles. The van der Waals surface area contributed by atoms with Crippen LogP contribution in [0.3, 0.4) is 0 Å². The van der Waals surface area contributed by atoms with Crippen LogP contribution in [-0.4, -0.2) is 38.3 Å². The van der Waals surface area contributed by atoms with Crippen LogP contribution < -0.4 is 10.6 Å². The summed E-state index contributed by atoms with van der Waals surface area (Å²) in [6, 6.07) is 0.750. The van der Waals surface area contributed by atoms with Crippen molar-refractivity contribution in [1.82, 2.24) is 10.6 Å². The van der Waals surface area contributed by atoms with Crippen molar-refractivity contribution in [2.24, 2.45) is 0 Å². The molecule has 4 heteroatoms. The average molecular weight is 216 g/mol. The maximum atomic E-state index is 9.60. The van der Waals surface area contributed by atoms with E-state index >= 15 is 0 Å². The summed E-state index contributed by atoms with van der Waals surface area (Å²) in [5.41, 5.74) is -0.318. The maximum Gasteiger partial charge on any atom is 0.293 e. The Morgan fingerprint density at radius 3 is 2.47 bits per heavy atom. The third kappa shape index (κ3) is 9.69. The smallest absolute Gasteiger partial charge is 0.293 e. The topological polar surface area (TPSA) is 50.4 Å². The molecule has 0 bridgehead atoms. The van der Waals surface area contributed by atoms with Crippen LogP contribution in [0.4, 0.5) is 0 Å². The van der Waals surface area contributed by atoms with Crippen molar-refractivity contribution >= 4 is 6.47 Å². The van der Waals surface area contributed by atoms with Gasteiger partial charge in [-0.2, -0.15) is 0 Å². The van der Waals surface area contributed by atoms with Gasteiger partial charge in [-0.3, -0.25) is 4.79 Å². The molecule has 90 valence electrons. The number of carbonyl (C=O) groups is 1. The van der Waals surface area contributed by atoms with Crippen molar-refractivity contribution < 1.29 is 9.53 Å². The van der Waals surface area contributed by atoms with Gasteiger partial charge in [-0.1, -0.05) is 0 Å². The van der Waals surface area contributed by atoms with E-state index in [0.717, 1.165) is 12.6 Å². The molecule has 0 spiro atoms. The molecule has 1 rings (SSSR count). The first-order valence-electron chi connectivity index (χ1n) is 5.49. The Kier molecular flexibility index (Phi) is 7.34. The Hall–Kier alpha value is -0.610. The second-order valence-electron chi connectivity index (χ2n) is 4.68. The quantitative estimate of drug-likeness (QED) is 0.689. The van der Waals surface area contributed by atoms with Crippen molar-refractivity contribution in [2.75, 3.05) is 20.1 Å². The summed E-state index contributed by atoms with van der Waals surface area (Å²) >= 11 is 0. The highest BCUT2D eigenvalue weighted by atomic mass is 16.5. The van der Waals surface area contributed by atoms with E-state index < -0.39 is 0 Å². The van der Waals surface area contributed by atoms with Crippen molar-refractivity contribution in [3.05, 3.63) is 0 Å². The van der Waals surface area contributed by atoms with Gasteiger partial charge in [0.05, 0.1) is 0 Å². The standard InChI is InChI=1S/C6H14N2.C5H10O2/c1-7-5-6-3-2-4-8-6;1-5(2,3)7-4-6/h6-8H,2-5H2,1H3;4H,1-3H3. The van der Waals surface area contributed by atoms with Gasteiger partial charge in [0.15, 0.2) is 0 Å². The predicted octanol–water partition coefficient (Wildman–Crippen LogP) is 0.916. The van der Waals surface area contributed by atoms with Gasteiger partial charge < -0.3 is 15.4 Å². The van der Waals surface area contributed by atoms with Gasteiger partial charge in [-0.25, -0.2) is 0 Å². The number of hydrogen-bond acceptors (Lipinski definition) is 4. The minimum atomic E-state index is -0.318. The Morgan fingerprint density at radius 1 is 1.53 bits per heavy atom. The van der Waals surface area contributed by atoms with Gasteiger partial charge in [0.25, 0.3) is 6.47 Å². The molecule has 2 N–H and O–H groups in total. The summed E-state index contributed by atoms with van der Waals surface area (Å²) in [6.07, 6.45) is 2.70. The lowest BCUT2D eigenvalue weighted by atomic mass is 10.2. The van der Waals surface area contributed by atoms with E-state index in [4.69, 9.17) is 0 Å². The molecule has 0 amide bonds. The Bertz CT molecular complexity index is 160. The summed E-state index contributed by atoms with van der Waals surface area (Å²) in [7, 11) is 2.00. The number of ether oxygens (including phenoxy) is 1. The number of nitrogens with one attached hydrogen (secondary N) is 2. The first kappa shape index (κ1) is 14.4. The molecular formula is C11H24N2O2. The largest absolute Gasteiger partial charge is 0.462 e. The zero-order valence-electron chi connectivity index (χ0n) is 10.3. The average Bonchev–Trinajstić information content (AvgIpc) is 2.56. The number of hydrogen-bond donors (Lipinski definition) is 2. The lowest BCUT2D eigenvalue weighted by Gasteiger charge is -2.14. The van der Waals surface area contributed by atoms with E-state index in [9.17, 15) is 4.79 Å². The molecule has 1 unspecified atom stereocenters. The van der Waals surface area contributed by atoms with Crippen LogP contribution in [0.25, 0.3) is 0 Å². The van der Waals surface area contributed by atoms with Crippen molar-refractivity contribution in [2.45, 2.75) is 45.3 Å². The fourth-order valence-electron chi connectivity index (χ4n) is 1.32. The summed E-state index contributed by atoms with van der Waals surface area (Å²) in [4.78, 5) is 9.60. The molecule has 1 atom stereocenters. The summed E-state index contributed by atoms with van der Waals surface area (Å²) in [6.45, 7) is 8.26. The van der Waals surface area contributed by atoms with E-state index in [2.05, 4.69) is 15.4 Å². The fraction of sp³-hybridized carbons (Fsp3) is 0.909. The van der Waals surface area contributed by atoms with Crippen LogP contribution in [-0.2, 0) is 9.53 Å². The number of rotatable bonds is 3. The SMILES string of the molecule is CC(C)(C)OC=O.CNCC1CCCN1. The molecule has 1 heterocycles. The highest BCUT2D eigenvalue weighted by Crippen LogP contribution is 2.03. The number of likely N-dealkylation sites (N-methyl/N-ethyl adjacent to an activating group) is 1. The molecule has 0 saturated carbocycles. The summed E-state index contributed by atoms with van der Waals surface area (Å²) < 4.78 is 4.55. The van der Waals surface area contributed by atoms with Crippen LogP contribution in [0, 0.1) is 0 Å². The van der Waals surface area contributed by atoms with E-state index in [1.54, 1.807) is 0 Å². The fourth-order valence-corrected chi connectivity index (χ4v) is 1.32. The van der Waals surface area contributed by atoms with E-state index in [1.165, 1.54) is 19.4 Å². The third-order valence-electron chi connectivity index (χ3n) is 2.01. The first-order valence-corrected chi connectivity index (χ1v) is 5.49. The van der Waals surface area contributed by atoms with Crippen LogP contribution in [0.5, 0.6) is 0 Å². The second-order valence-corrected chi connectivity index (χ2v) is 4.68. The van der Waals surface area contributed by atoms with E-state index in [1.807, 2.05) is 27.8 Å². The van der Waals surface area contributed by atoms with Gasteiger partial charge in [0.1, 0.15) is 5.60 Å². The molecule has 1 fully saturated rings. The Labute approximate surface area is 92.8 Å². The molecule has 1 aliphatic rings. The maximum absolute atomic E-state index is 9.60. The van der Waals surface area contributed by atoms with Gasteiger partial charge in [-0.15, -0.1) is 0 Å². The zero-order valence-corrected chi connectivity index (χ0v) is 10.3. The van der Waals surface area contributed by atoms with Gasteiger partial charge in [-0.05, 0) is 47.2 Å². The molecule has 0 radical (unpaired) electrons. The van der Waals surface area contributed by atoms with Crippen LogP contribution in [0.2, 0.25) is 0 Å². The van der Waals surface area contributed by atoms with Crippen LogP contribution >= 0.6 is 0 Å². The van der Waals surface area contributed by atoms with Crippen molar-refractivity contribution in [3.8, 4) is 0 Å². The molecule has 0 aliphatic carbocycles. The monoisotopic (exact) mass is 216 g/mol. The molecule has 4 nitrogen and oxygen atoms in total. The molecule has 1 saturated heterocycles. The van der Waals surface area contributed by atoms with Crippen molar-refractivity contribution in [1.29, 1.82) is 0 Å². The Morgan fingerprint density at radius 2 is 2.20 bits per heavy atom. The molecule has 0 aromatic rings. The zero-order chi connectivity index (χ0) is 11.7. The molecule has 0 aromatic carbocycles. The van der Waals surface area contributed by atoms with Crippen molar-refractivity contribution in [3.63, 3.8) is 0 Å². The molecule has 15 heavy (non-hydrogen) atoms. The minimum absolute atomic E-state index is 0.318. The number of carbonyl (C=O) groups excluding carboxylic acids is 1. The van der Waals surface area contributed by atoms with Gasteiger partial charge in [0, 0.05) is 12.6 Å².